The van der Waals surface area contributed by atoms with Gasteiger partial charge in [0.15, 0.2) is 0 Å². The van der Waals surface area contributed by atoms with E-state index in [9.17, 15) is 4.79 Å². The molecule has 0 saturated carbocycles. The summed E-state index contributed by atoms with van der Waals surface area (Å²) in [6.45, 7) is 4.81. The molecule has 5 rings (SSSR count). The number of para-hydroxylation sites is 1. The Morgan fingerprint density at radius 2 is 2.14 bits per heavy atom. The van der Waals surface area contributed by atoms with Gasteiger partial charge in [-0.3, -0.25) is 9.48 Å². The van der Waals surface area contributed by atoms with Crippen LogP contribution >= 0.6 is 0 Å². The van der Waals surface area contributed by atoms with E-state index < -0.39 is 0 Å². The Hall–Kier alpha value is -3.28. The second kappa shape index (κ2) is 6.65. The molecule has 0 bridgehead atoms. The number of amides is 1. The zero-order valence-electron chi connectivity index (χ0n) is 16.8. The number of benzene rings is 2. The summed E-state index contributed by atoms with van der Waals surface area (Å²) in [6, 6.07) is 12.6. The summed E-state index contributed by atoms with van der Waals surface area (Å²) in [4.78, 5) is 15.1. The highest BCUT2D eigenvalue weighted by Gasteiger charge is 2.28. The number of aryl methyl sites for hydroxylation is 2. The fourth-order valence-electron chi connectivity index (χ4n) is 4.18. The van der Waals surface area contributed by atoms with E-state index in [0.717, 1.165) is 33.4 Å². The minimum Gasteiger partial charge on any atom is -0.490 e. The van der Waals surface area contributed by atoms with Crippen molar-refractivity contribution in [2.24, 2.45) is 13.0 Å². The molecule has 1 amide bonds. The van der Waals surface area contributed by atoms with Gasteiger partial charge in [0.1, 0.15) is 11.9 Å². The Bertz CT molecular complexity index is 1240. The second-order valence-electron chi connectivity index (χ2n) is 8.02. The monoisotopic (exact) mass is 388 g/mol. The number of aromatic amines is 1. The Morgan fingerprint density at radius 3 is 2.90 bits per heavy atom. The lowest BCUT2D eigenvalue weighted by Crippen LogP contribution is -2.25. The van der Waals surface area contributed by atoms with Crippen LogP contribution < -0.4 is 10.1 Å². The first-order chi connectivity index (χ1) is 14.0. The van der Waals surface area contributed by atoms with Crippen LogP contribution in [0.4, 0.5) is 0 Å². The van der Waals surface area contributed by atoms with Gasteiger partial charge in [0, 0.05) is 54.3 Å². The first-order valence-corrected chi connectivity index (χ1v) is 9.97. The molecule has 29 heavy (non-hydrogen) atoms. The van der Waals surface area contributed by atoms with E-state index in [2.05, 4.69) is 58.7 Å². The van der Waals surface area contributed by atoms with Gasteiger partial charge >= 0.3 is 0 Å². The summed E-state index contributed by atoms with van der Waals surface area (Å²) in [6.07, 6.45) is 2.42. The molecule has 2 aromatic heterocycles. The number of hydrogen-bond acceptors (Lipinski definition) is 3. The number of nitrogens with one attached hydrogen (secondary N) is 2. The normalized spacial score (nSPS) is 17.8. The lowest BCUT2D eigenvalue weighted by Gasteiger charge is -2.20. The Morgan fingerprint density at radius 1 is 1.28 bits per heavy atom. The number of H-pyrrole nitrogens is 1. The van der Waals surface area contributed by atoms with E-state index in [1.807, 2.05) is 24.9 Å². The quantitative estimate of drug-likeness (QED) is 0.556. The van der Waals surface area contributed by atoms with Crippen molar-refractivity contribution in [3.63, 3.8) is 0 Å². The molecule has 1 fully saturated rings. The van der Waals surface area contributed by atoms with E-state index in [4.69, 9.17) is 4.74 Å². The van der Waals surface area contributed by atoms with E-state index in [0.29, 0.717) is 13.0 Å². The average molecular weight is 388 g/mol. The van der Waals surface area contributed by atoms with Gasteiger partial charge in [-0.15, -0.1) is 0 Å². The number of nitrogens with zero attached hydrogens (tertiary/aromatic N) is 2. The number of rotatable bonds is 4. The van der Waals surface area contributed by atoms with Gasteiger partial charge in [-0.1, -0.05) is 18.2 Å². The third-order valence-electron chi connectivity index (χ3n) is 5.86. The molecule has 6 heteroatoms. The van der Waals surface area contributed by atoms with Crippen LogP contribution in [0.1, 0.15) is 18.9 Å². The van der Waals surface area contributed by atoms with Crippen LogP contribution in [-0.2, 0) is 11.8 Å². The van der Waals surface area contributed by atoms with Crippen LogP contribution in [0.25, 0.3) is 33.1 Å². The van der Waals surface area contributed by atoms with Gasteiger partial charge < -0.3 is 15.0 Å². The van der Waals surface area contributed by atoms with Crippen molar-refractivity contribution in [3.8, 4) is 17.0 Å². The lowest BCUT2D eigenvalue weighted by atomic mass is 10.0. The summed E-state index contributed by atoms with van der Waals surface area (Å²) >= 11 is 0. The smallest absolute Gasteiger partial charge is 0.220 e. The van der Waals surface area contributed by atoms with Crippen LogP contribution in [0.5, 0.6) is 5.75 Å². The molecule has 6 nitrogen and oxygen atoms in total. The van der Waals surface area contributed by atoms with Gasteiger partial charge in [-0.2, -0.15) is 5.10 Å². The number of fused-ring (bicyclic) bond motifs is 2. The molecule has 2 aromatic carbocycles. The molecular weight excluding hydrogens is 364 g/mol. The van der Waals surface area contributed by atoms with Crippen LogP contribution in [0.2, 0.25) is 0 Å². The fourth-order valence-corrected chi connectivity index (χ4v) is 4.18. The van der Waals surface area contributed by atoms with Crippen molar-refractivity contribution in [1.82, 2.24) is 20.1 Å². The molecule has 3 heterocycles. The fraction of sp³-hybridized carbons (Fsp3) is 0.304. The van der Waals surface area contributed by atoms with E-state index in [1.165, 1.54) is 10.9 Å². The number of ether oxygens (including phenoxy) is 1. The minimum atomic E-state index is -0.0717. The topological polar surface area (TPSA) is 71.9 Å². The van der Waals surface area contributed by atoms with Crippen LogP contribution in [0.15, 0.2) is 42.6 Å². The Balaban J connectivity index is 1.57. The molecule has 0 spiro atoms. The molecule has 0 radical (unpaired) electrons. The largest absolute Gasteiger partial charge is 0.490 e. The van der Waals surface area contributed by atoms with Gasteiger partial charge in [0.2, 0.25) is 5.91 Å². The Labute approximate surface area is 168 Å². The maximum atomic E-state index is 11.6. The highest BCUT2D eigenvalue weighted by atomic mass is 16.5. The maximum absolute atomic E-state index is 11.6. The second-order valence-corrected chi connectivity index (χ2v) is 8.02. The van der Waals surface area contributed by atoms with Gasteiger partial charge in [0.05, 0.1) is 10.9 Å². The van der Waals surface area contributed by atoms with Crippen LogP contribution in [-0.4, -0.2) is 33.3 Å². The SMILES string of the molecule is Cc1cccc2cc(-c3cc(O[C@H](C)[C@H]4CNC(=O)C4)c4cn(C)nc4c3)[nH]c12. The number of carbonyl (C=O) groups excluding carboxylic acids is 1. The predicted molar refractivity (Wildman–Crippen MR) is 114 cm³/mol. The molecular formula is C23H24N4O2. The zero-order chi connectivity index (χ0) is 20.1. The highest BCUT2D eigenvalue weighted by molar-refractivity contribution is 5.93. The highest BCUT2D eigenvalue weighted by Crippen LogP contribution is 2.35. The van der Waals surface area contributed by atoms with E-state index >= 15 is 0 Å². The van der Waals surface area contributed by atoms with Crippen molar-refractivity contribution < 1.29 is 9.53 Å². The molecule has 1 aliphatic heterocycles. The molecule has 2 atom stereocenters. The molecule has 2 N–H and O–H groups in total. The maximum Gasteiger partial charge on any atom is 0.220 e. The summed E-state index contributed by atoms with van der Waals surface area (Å²) in [5, 5.41) is 9.67. The minimum absolute atomic E-state index is 0.0717. The van der Waals surface area contributed by atoms with Crippen molar-refractivity contribution in [3.05, 3.63) is 48.2 Å². The van der Waals surface area contributed by atoms with Crippen molar-refractivity contribution >= 4 is 27.7 Å². The van der Waals surface area contributed by atoms with E-state index in [1.54, 1.807) is 0 Å². The third-order valence-corrected chi connectivity index (χ3v) is 5.86. The molecule has 1 saturated heterocycles. The predicted octanol–water partition coefficient (Wildman–Crippen LogP) is 3.93. The number of aromatic nitrogens is 3. The van der Waals surface area contributed by atoms with Crippen LogP contribution in [0, 0.1) is 12.8 Å². The molecule has 1 aliphatic rings. The summed E-state index contributed by atoms with van der Waals surface area (Å²) < 4.78 is 8.18. The van der Waals surface area contributed by atoms with Crippen molar-refractivity contribution in [1.29, 1.82) is 0 Å². The molecule has 0 aliphatic carbocycles. The molecule has 4 aromatic rings. The Kier molecular flexibility index (Phi) is 4.08. The average Bonchev–Trinajstić information content (AvgIpc) is 3.39. The van der Waals surface area contributed by atoms with Gasteiger partial charge in [-0.25, -0.2) is 0 Å². The van der Waals surface area contributed by atoms with E-state index in [-0.39, 0.29) is 17.9 Å². The van der Waals surface area contributed by atoms with Crippen LogP contribution in [0.3, 0.4) is 0 Å². The standard InChI is InChI=1S/C23H24N4O2/c1-13-5-4-6-15-7-19(25-23(13)15)16-8-20-18(12-27(3)26-20)21(9-16)29-14(2)17-10-22(28)24-11-17/h4-9,12,14,17,25H,10-11H2,1-3H3,(H,24,28)/t14-,17-/m1/s1. The first kappa shape index (κ1) is 17.8. The number of hydrogen-bond donors (Lipinski definition) is 2. The zero-order valence-corrected chi connectivity index (χ0v) is 16.8. The molecule has 148 valence electrons. The van der Waals surface area contributed by atoms with Crippen molar-refractivity contribution in [2.45, 2.75) is 26.4 Å². The third kappa shape index (κ3) is 3.14. The summed E-state index contributed by atoms with van der Waals surface area (Å²) in [5.41, 5.74) is 5.33. The van der Waals surface area contributed by atoms with Gasteiger partial charge in [-0.05, 0) is 37.6 Å². The van der Waals surface area contributed by atoms with Crippen molar-refractivity contribution in [2.75, 3.05) is 6.54 Å². The first-order valence-electron chi connectivity index (χ1n) is 9.97. The summed E-state index contributed by atoms with van der Waals surface area (Å²) in [5.74, 6) is 1.07. The molecule has 0 unspecified atom stereocenters. The number of carbonyl (C=O) groups is 1. The lowest BCUT2D eigenvalue weighted by molar-refractivity contribution is -0.119. The van der Waals surface area contributed by atoms with Gasteiger partial charge in [0.25, 0.3) is 0 Å². The summed E-state index contributed by atoms with van der Waals surface area (Å²) in [7, 11) is 1.92.